The van der Waals surface area contributed by atoms with Gasteiger partial charge in [0.25, 0.3) is 0 Å². The molecule has 0 unspecified atom stereocenters. The number of rotatable bonds is 3. The summed E-state index contributed by atoms with van der Waals surface area (Å²) >= 11 is 0. The van der Waals surface area contributed by atoms with Crippen LogP contribution in [0.3, 0.4) is 0 Å². The van der Waals surface area contributed by atoms with E-state index in [-0.39, 0.29) is 5.91 Å². The molecule has 5 nitrogen and oxygen atoms in total. The van der Waals surface area contributed by atoms with Crippen molar-refractivity contribution in [3.8, 4) is 5.69 Å². The molecule has 1 N–H and O–H groups in total. The monoisotopic (exact) mass is 257 g/mol. The Labute approximate surface area is 111 Å². The second-order valence-corrected chi connectivity index (χ2v) is 4.46. The van der Waals surface area contributed by atoms with Crippen LogP contribution in [0.4, 0.5) is 0 Å². The molecule has 3 rings (SSSR count). The molecular weight excluding hydrogens is 242 g/mol. The maximum absolute atomic E-state index is 11.6. The zero-order valence-electron chi connectivity index (χ0n) is 10.5. The Hall–Kier alpha value is -2.14. The van der Waals surface area contributed by atoms with Crippen molar-refractivity contribution in [2.75, 3.05) is 13.2 Å². The standard InChI is InChI=1S/C14H15N3O2/c18-14-13(19-7-6-15-14)8-11-9-17(10-16-11)12-4-2-1-3-5-12/h1-5,9-10,13H,6-8H2,(H,15,18)/t13-/m0/s1. The van der Waals surface area contributed by atoms with E-state index in [2.05, 4.69) is 10.3 Å². The second kappa shape index (κ2) is 5.24. The van der Waals surface area contributed by atoms with Gasteiger partial charge in [-0.05, 0) is 12.1 Å². The van der Waals surface area contributed by atoms with Crippen molar-refractivity contribution >= 4 is 5.91 Å². The van der Waals surface area contributed by atoms with Gasteiger partial charge in [-0.1, -0.05) is 18.2 Å². The number of para-hydroxylation sites is 1. The normalized spacial score (nSPS) is 19.2. The summed E-state index contributed by atoms with van der Waals surface area (Å²) in [5, 5.41) is 2.79. The molecule has 1 amide bonds. The fourth-order valence-electron chi connectivity index (χ4n) is 2.12. The SMILES string of the molecule is O=C1NCCO[C@H]1Cc1cn(-c2ccccc2)cn1. The van der Waals surface area contributed by atoms with Crippen LogP contribution in [0.2, 0.25) is 0 Å². The average Bonchev–Trinajstić information content (AvgIpc) is 2.91. The number of nitrogens with one attached hydrogen (secondary N) is 1. The molecule has 1 fully saturated rings. The van der Waals surface area contributed by atoms with Crippen molar-refractivity contribution in [1.82, 2.24) is 14.9 Å². The minimum atomic E-state index is -0.423. The number of nitrogens with zero attached hydrogens (tertiary/aromatic N) is 2. The smallest absolute Gasteiger partial charge is 0.249 e. The Morgan fingerprint density at radius 2 is 2.21 bits per heavy atom. The molecule has 1 aliphatic rings. The summed E-state index contributed by atoms with van der Waals surface area (Å²) < 4.78 is 7.39. The molecule has 98 valence electrons. The number of imidazole rings is 1. The Kier molecular flexibility index (Phi) is 3.29. The lowest BCUT2D eigenvalue weighted by molar-refractivity contribution is -0.137. The van der Waals surface area contributed by atoms with Gasteiger partial charge in [-0.3, -0.25) is 4.79 Å². The number of benzene rings is 1. The predicted molar refractivity (Wildman–Crippen MR) is 70.0 cm³/mol. The molecule has 1 aliphatic heterocycles. The van der Waals surface area contributed by atoms with E-state index in [1.807, 2.05) is 41.1 Å². The summed E-state index contributed by atoms with van der Waals surface area (Å²) in [4.78, 5) is 15.9. The Morgan fingerprint density at radius 3 is 3.00 bits per heavy atom. The molecular formula is C14H15N3O2. The van der Waals surface area contributed by atoms with Crippen LogP contribution in [-0.2, 0) is 16.0 Å². The molecule has 0 radical (unpaired) electrons. The minimum absolute atomic E-state index is 0.0551. The van der Waals surface area contributed by atoms with E-state index in [0.29, 0.717) is 19.6 Å². The number of morpholine rings is 1. The highest BCUT2D eigenvalue weighted by Crippen LogP contribution is 2.11. The molecule has 1 atom stereocenters. The summed E-state index contributed by atoms with van der Waals surface area (Å²) in [6.45, 7) is 1.16. The van der Waals surface area contributed by atoms with Gasteiger partial charge in [0.05, 0.1) is 18.6 Å². The molecule has 19 heavy (non-hydrogen) atoms. The van der Waals surface area contributed by atoms with Crippen molar-refractivity contribution in [1.29, 1.82) is 0 Å². The summed E-state index contributed by atoms with van der Waals surface area (Å²) in [6.07, 6.45) is 3.77. The summed E-state index contributed by atoms with van der Waals surface area (Å²) in [5.74, 6) is -0.0551. The van der Waals surface area contributed by atoms with Gasteiger partial charge >= 0.3 is 0 Å². The first-order chi connectivity index (χ1) is 9.33. The van der Waals surface area contributed by atoms with E-state index in [4.69, 9.17) is 4.74 Å². The van der Waals surface area contributed by atoms with E-state index in [0.717, 1.165) is 11.4 Å². The molecule has 0 bridgehead atoms. The highest BCUT2D eigenvalue weighted by Gasteiger charge is 2.23. The minimum Gasteiger partial charge on any atom is -0.366 e. The van der Waals surface area contributed by atoms with Crippen LogP contribution in [0.5, 0.6) is 0 Å². The lowest BCUT2D eigenvalue weighted by Crippen LogP contribution is -2.45. The van der Waals surface area contributed by atoms with Crippen LogP contribution >= 0.6 is 0 Å². The van der Waals surface area contributed by atoms with Crippen LogP contribution in [0.25, 0.3) is 5.69 Å². The quantitative estimate of drug-likeness (QED) is 0.890. The summed E-state index contributed by atoms with van der Waals surface area (Å²) in [7, 11) is 0. The summed E-state index contributed by atoms with van der Waals surface area (Å²) in [5.41, 5.74) is 1.90. The number of carbonyl (C=O) groups excluding carboxylic acids is 1. The maximum Gasteiger partial charge on any atom is 0.249 e. The number of hydrogen-bond acceptors (Lipinski definition) is 3. The highest BCUT2D eigenvalue weighted by atomic mass is 16.5. The van der Waals surface area contributed by atoms with Gasteiger partial charge in [0.1, 0.15) is 6.10 Å². The summed E-state index contributed by atoms with van der Waals surface area (Å²) in [6, 6.07) is 9.95. The van der Waals surface area contributed by atoms with Crippen molar-refractivity contribution in [3.05, 3.63) is 48.5 Å². The zero-order chi connectivity index (χ0) is 13.1. The van der Waals surface area contributed by atoms with E-state index in [1.54, 1.807) is 6.33 Å². The van der Waals surface area contributed by atoms with Gasteiger partial charge in [0.2, 0.25) is 5.91 Å². The van der Waals surface area contributed by atoms with Gasteiger partial charge in [0.15, 0.2) is 0 Å². The first-order valence-corrected chi connectivity index (χ1v) is 6.30. The Balaban J connectivity index is 1.73. The number of carbonyl (C=O) groups is 1. The molecule has 1 aromatic carbocycles. The molecule has 0 aliphatic carbocycles. The number of hydrogen-bond donors (Lipinski definition) is 1. The van der Waals surface area contributed by atoms with Gasteiger partial charge < -0.3 is 14.6 Å². The van der Waals surface area contributed by atoms with Gasteiger partial charge in [-0.15, -0.1) is 0 Å². The van der Waals surface area contributed by atoms with Crippen molar-refractivity contribution in [2.45, 2.75) is 12.5 Å². The number of aromatic nitrogens is 2. The molecule has 2 aromatic rings. The zero-order valence-corrected chi connectivity index (χ0v) is 10.5. The molecule has 2 heterocycles. The molecule has 0 saturated carbocycles. The van der Waals surface area contributed by atoms with Gasteiger partial charge in [0, 0.05) is 24.8 Å². The number of ether oxygens (including phenoxy) is 1. The predicted octanol–water partition coefficient (Wildman–Crippen LogP) is 0.930. The van der Waals surface area contributed by atoms with Gasteiger partial charge in [-0.2, -0.15) is 0 Å². The van der Waals surface area contributed by atoms with Crippen LogP contribution < -0.4 is 5.32 Å². The van der Waals surface area contributed by atoms with Crippen LogP contribution in [0.15, 0.2) is 42.9 Å². The van der Waals surface area contributed by atoms with E-state index in [9.17, 15) is 4.79 Å². The lowest BCUT2D eigenvalue weighted by Gasteiger charge is -2.21. The first-order valence-electron chi connectivity index (χ1n) is 6.30. The fourth-order valence-corrected chi connectivity index (χ4v) is 2.12. The van der Waals surface area contributed by atoms with Crippen LogP contribution in [0, 0.1) is 0 Å². The van der Waals surface area contributed by atoms with Crippen molar-refractivity contribution in [2.24, 2.45) is 0 Å². The van der Waals surface area contributed by atoms with Crippen LogP contribution in [0.1, 0.15) is 5.69 Å². The third kappa shape index (κ3) is 2.66. The van der Waals surface area contributed by atoms with Crippen molar-refractivity contribution in [3.63, 3.8) is 0 Å². The van der Waals surface area contributed by atoms with E-state index < -0.39 is 6.10 Å². The highest BCUT2D eigenvalue weighted by molar-refractivity contribution is 5.81. The molecule has 1 aromatic heterocycles. The first kappa shape index (κ1) is 11.9. The van der Waals surface area contributed by atoms with E-state index >= 15 is 0 Å². The van der Waals surface area contributed by atoms with Gasteiger partial charge in [-0.25, -0.2) is 4.98 Å². The Bertz CT molecular complexity index is 565. The topological polar surface area (TPSA) is 56.1 Å². The molecule has 1 saturated heterocycles. The maximum atomic E-state index is 11.6. The third-order valence-electron chi connectivity index (χ3n) is 3.10. The lowest BCUT2D eigenvalue weighted by atomic mass is 10.2. The average molecular weight is 257 g/mol. The third-order valence-corrected chi connectivity index (χ3v) is 3.10. The van der Waals surface area contributed by atoms with Crippen LogP contribution in [-0.4, -0.2) is 34.7 Å². The Morgan fingerprint density at radius 1 is 1.37 bits per heavy atom. The molecule has 0 spiro atoms. The second-order valence-electron chi connectivity index (χ2n) is 4.46. The van der Waals surface area contributed by atoms with E-state index in [1.165, 1.54) is 0 Å². The number of amides is 1. The molecule has 5 heteroatoms. The largest absolute Gasteiger partial charge is 0.366 e. The fraction of sp³-hybridized carbons (Fsp3) is 0.286. The van der Waals surface area contributed by atoms with Crippen molar-refractivity contribution < 1.29 is 9.53 Å².